The Balaban J connectivity index is 2.33. The van der Waals surface area contributed by atoms with Gasteiger partial charge in [0.25, 0.3) is 0 Å². The van der Waals surface area contributed by atoms with Crippen LogP contribution >= 0.6 is 27.3 Å². The van der Waals surface area contributed by atoms with Gasteiger partial charge in [-0.3, -0.25) is 0 Å². The number of aromatic nitrogens is 2. The predicted octanol–water partition coefficient (Wildman–Crippen LogP) is 2.18. The van der Waals surface area contributed by atoms with Crippen LogP contribution in [-0.2, 0) is 6.42 Å². The zero-order valence-electron chi connectivity index (χ0n) is 7.16. The van der Waals surface area contributed by atoms with Crippen molar-refractivity contribution in [1.29, 1.82) is 0 Å². The van der Waals surface area contributed by atoms with E-state index in [1.807, 2.05) is 17.5 Å². The fraction of sp³-hybridized carbons (Fsp3) is 0.111. The molecule has 0 bridgehead atoms. The van der Waals surface area contributed by atoms with Crippen LogP contribution in [0, 0.1) is 0 Å². The Kier molecular flexibility index (Phi) is 2.79. The lowest BCUT2D eigenvalue weighted by atomic mass is 10.2. The molecule has 2 rings (SSSR count). The van der Waals surface area contributed by atoms with E-state index in [2.05, 4.69) is 25.9 Å². The molecular formula is C9H7BrN2OS. The minimum absolute atomic E-state index is 0.306. The van der Waals surface area contributed by atoms with Gasteiger partial charge in [0.05, 0.1) is 10.2 Å². The Labute approximate surface area is 93.0 Å². The lowest BCUT2D eigenvalue weighted by Crippen LogP contribution is -2.12. The molecule has 0 saturated heterocycles. The van der Waals surface area contributed by atoms with Gasteiger partial charge in [-0.25, -0.2) is 4.79 Å². The van der Waals surface area contributed by atoms with Crippen molar-refractivity contribution in [3.8, 4) is 0 Å². The molecule has 0 amide bonds. The Bertz CT molecular complexity index is 478. The highest BCUT2D eigenvalue weighted by Crippen LogP contribution is 2.18. The monoisotopic (exact) mass is 270 g/mol. The third kappa shape index (κ3) is 2.10. The smallest absolute Gasteiger partial charge is 0.312 e. The number of nitrogens with zero attached hydrogens (tertiary/aromatic N) is 1. The normalized spacial score (nSPS) is 10.4. The lowest BCUT2D eigenvalue weighted by Gasteiger charge is -1.99. The maximum atomic E-state index is 11.0. The summed E-state index contributed by atoms with van der Waals surface area (Å²) in [5, 5.41) is 2.01. The Morgan fingerprint density at radius 1 is 1.57 bits per heavy atom. The van der Waals surface area contributed by atoms with Gasteiger partial charge in [0, 0.05) is 17.5 Å². The average Bonchev–Trinajstić information content (AvgIpc) is 2.64. The number of aromatic amines is 1. The van der Waals surface area contributed by atoms with E-state index >= 15 is 0 Å². The maximum absolute atomic E-state index is 11.0. The summed E-state index contributed by atoms with van der Waals surface area (Å²) >= 11 is 5.01. The molecule has 1 N–H and O–H groups in total. The average molecular weight is 271 g/mol. The van der Waals surface area contributed by atoms with E-state index in [1.54, 1.807) is 17.5 Å². The summed E-state index contributed by atoms with van der Waals surface area (Å²) in [6.07, 6.45) is 2.32. The third-order valence-corrected chi connectivity index (χ3v) is 3.32. The van der Waals surface area contributed by atoms with Crippen LogP contribution < -0.4 is 5.69 Å². The van der Waals surface area contributed by atoms with Gasteiger partial charge in [0.1, 0.15) is 0 Å². The second-order valence-electron chi connectivity index (χ2n) is 2.76. The summed E-state index contributed by atoms with van der Waals surface area (Å²) in [7, 11) is 0. The molecule has 0 aliphatic rings. The molecule has 3 nitrogen and oxygen atoms in total. The van der Waals surface area contributed by atoms with Crippen molar-refractivity contribution in [3.63, 3.8) is 0 Å². The number of nitrogens with one attached hydrogen (secondary N) is 1. The molecule has 2 aromatic rings. The van der Waals surface area contributed by atoms with E-state index in [-0.39, 0.29) is 5.69 Å². The van der Waals surface area contributed by atoms with Gasteiger partial charge in [-0.05, 0) is 27.4 Å². The van der Waals surface area contributed by atoms with E-state index in [0.29, 0.717) is 6.42 Å². The van der Waals surface area contributed by atoms with Crippen molar-refractivity contribution in [1.82, 2.24) is 9.97 Å². The van der Waals surface area contributed by atoms with E-state index < -0.39 is 0 Å². The summed E-state index contributed by atoms with van der Waals surface area (Å²) in [6, 6.07) is 4.01. The summed E-state index contributed by atoms with van der Waals surface area (Å²) < 4.78 is 0.838. The highest BCUT2D eigenvalue weighted by Gasteiger charge is 2.04. The second-order valence-corrected chi connectivity index (χ2v) is 4.64. The molecular weight excluding hydrogens is 264 g/mol. The quantitative estimate of drug-likeness (QED) is 0.910. The molecule has 0 saturated carbocycles. The predicted molar refractivity (Wildman–Crippen MR) is 59.7 cm³/mol. The molecule has 0 unspecified atom stereocenters. The summed E-state index contributed by atoms with van der Waals surface area (Å²) in [6.45, 7) is 0. The third-order valence-electron chi connectivity index (χ3n) is 1.76. The van der Waals surface area contributed by atoms with Crippen LogP contribution in [0.15, 0.2) is 33.0 Å². The van der Waals surface area contributed by atoms with Gasteiger partial charge in [0.15, 0.2) is 0 Å². The van der Waals surface area contributed by atoms with Crippen molar-refractivity contribution < 1.29 is 0 Å². The highest BCUT2D eigenvalue weighted by molar-refractivity contribution is 9.10. The van der Waals surface area contributed by atoms with Crippen molar-refractivity contribution in [2.24, 2.45) is 0 Å². The zero-order chi connectivity index (χ0) is 9.97. The van der Waals surface area contributed by atoms with Crippen LogP contribution in [0.1, 0.15) is 10.6 Å². The topological polar surface area (TPSA) is 45.8 Å². The molecule has 2 aromatic heterocycles. The van der Waals surface area contributed by atoms with E-state index in [0.717, 1.165) is 10.2 Å². The van der Waals surface area contributed by atoms with Crippen LogP contribution in [0.4, 0.5) is 0 Å². The van der Waals surface area contributed by atoms with Crippen LogP contribution in [0.3, 0.4) is 0 Å². The lowest BCUT2D eigenvalue weighted by molar-refractivity contribution is 0.971. The second kappa shape index (κ2) is 4.06. The van der Waals surface area contributed by atoms with Crippen LogP contribution in [0.2, 0.25) is 0 Å². The van der Waals surface area contributed by atoms with E-state index in [9.17, 15) is 4.79 Å². The molecule has 5 heteroatoms. The highest BCUT2D eigenvalue weighted by atomic mass is 79.9. The zero-order valence-corrected chi connectivity index (χ0v) is 9.56. The standard InChI is InChI=1S/C9H7BrN2OS/c10-7-5-11-9(13)12-8(7)4-6-2-1-3-14-6/h1-3,5H,4H2,(H,11,12,13). The van der Waals surface area contributed by atoms with Crippen molar-refractivity contribution in [3.05, 3.63) is 49.2 Å². The largest absolute Gasteiger partial charge is 0.345 e. The van der Waals surface area contributed by atoms with Crippen molar-refractivity contribution in [2.45, 2.75) is 6.42 Å². The summed E-state index contributed by atoms with van der Waals surface area (Å²) in [5.74, 6) is 0. The number of H-pyrrole nitrogens is 1. The Morgan fingerprint density at radius 2 is 2.43 bits per heavy atom. The first-order valence-corrected chi connectivity index (χ1v) is 5.69. The first-order chi connectivity index (χ1) is 6.75. The Hall–Kier alpha value is -0.940. The van der Waals surface area contributed by atoms with Crippen LogP contribution in [0.5, 0.6) is 0 Å². The molecule has 0 fully saturated rings. The van der Waals surface area contributed by atoms with Gasteiger partial charge in [-0.15, -0.1) is 11.3 Å². The van der Waals surface area contributed by atoms with Crippen LogP contribution in [0.25, 0.3) is 0 Å². The van der Waals surface area contributed by atoms with E-state index in [4.69, 9.17) is 0 Å². The molecule has 2 heterocycles. The molecule has 0 aromatic carbocycles. The van der Waals surface area contributed by atoms with Gasteiger partial charge in [0.2, 0.25) is 0 Å². The minimum atomic E-state index is -0.306. The van der Waals surface area contributed by atoms with Gasteiger partial charge in [-0.2, -0.15) is 4.98 Å². The molecule has 72 valence electrons. The molecule has 0 aliphatic heterocycles. The molecule has 0 spiro atoms. The van der Waals surface area contributed by atoms with Crippen molar-refractivity contribution >= 4 is 27.3 Å². The van der Waals surface area contributed by atoms with Gasteiger partial charge >= 0.3 is 5.69 Å². The van der Waals surface area contributed by atoms with Crippen molar-refractivity contribution in [2.75, 3.05) is 0 Å². The SMILES string of the molecule is O=c1nc(Cc2cccs2)c(Br)c[nH]1. The molecule has 14 heavy (non-hydrogen) atoms. The fourth-order valence-corrected chi connectivity index (χ4v) is 2.17. The maximum Gasteiger partial charge on any atom is 0.345 e. The number of rotatable bonds is 2. The number of thiophene rings is 1. The van der Waals surface area contributed by atoms with Gasteiger partial charge in [-0.1, -0.05) is 6.07 Å². The molecule has 0 atom stereocenters. The summed E-state index contributed by atoms with van der Waals surface area (Å²) in [4.78, 5) is 18.6. The van der Waals surface area contributed by atoms with Crippen LogP contribution in [-0.4, -0.2) is 9.97 Å². The fourth-order valence-electron chi connectivity index (χ4n) is 1.12. The Morgan fingerprint density at radius 3 is 3.14 bits per heavy atom. The number of hydrogen-bond donors (Lipinski definition) is 1. The first kappa shape index (κ1) is 9.61. The molecule has 0 aliphatic carbocycles. The first-order valence-electron chi connectivity index (χ1n) is 4.02. The van der Waals surface area contributed by atoms with Gasteiger partial charge < -0.3 is 4.98 Å². The number of halogens is 1. The van der Waals surface area contributed by atoms with E-state index in [1.165, 1.54) is 4.88 Å². The number of hydrogen-bond acceptors (Lipinski definition) is 3. The molecule has 0 radical (unpaired) electrons. The minimum Gasteiger partial charge on any atom is -0.312 e. The summed E-state index contributed by atoms with van der Waals surface area (Å²) in [5.41, 5.74) is 0.468.